The lowest BCUT2D eigenvalue weighted by Crippen LogP contribution is -2.36. The molecule has 0 spiro atoms. The number of aryl methyl sites for hydroxylation is 2. The predicted octanol–water partition coefficient (Wildman–Crippen LogP) is 3.33. The van der Waals surface area contributed by atoms with Crippen LogP contribution in [0.2, 0.25) is 0 Å². The normalized spacial score (nSPS) is 10.2. The molecule has 1 aromatic carbocycles. The minimum atomic E-state index is -0.596. The lowest BCUT2D eigenvalue weighted by Gasteiger charge is -2.11. The van der Waals surface area contributed by atoms with Crippen LogP contribution in [0.1, 0.15) is 50.2 Å². The third kappa shape index (κ3) is 5.98. The molecule has 0 bridgehead atoms. The van der Waals surface area contributed by atoms with Crippen molar-refractivity contribution in [1.29, 1.82) is 0 Å². The van der Waals surface area contributed by atoms with Crippen LogP contribution < -0.4 is 10.6 Å². The van der Waals surface area contributed by atoms with Gasteiger partial charge in [-0.05, 0) is 31.4 Å². The van der Waals surface area contributed by atoms with Crippen molar-refractivity contribution in [3.05, 3.63) is 29.3 Å². The molecular formula is C17H26N2O2. The Morgan fingerprint density at radius 2 is 1.57 bits per heavy atom. The average molecular weight is 290 g/mol. The summed E-state index contributed by atoms with van der Waals surface area (Å²) in [5.74, 6) is -1.16. The van der Waals surface area contributed by atoms with Gasteiger partial charge in [0.05, 0.1) is 0 Å². The highest BCUT2D eigenvalue weighted by Crippen LogP contribution is 2.19. The number of hydrogen-bond acceptors (Lipinski definition) is 2. The first-order valence-electron chi connectivity index (χ1n) is 7.71. The first kappa shape index (κ1) is 17.2. The Balaban J connectivity index is 2.36. The molecule has 0 atom stereocenters. The first-order chi connectivity index (χ1) is 10.1. The van der Waals surface area contributed by atoms with Crippen LogP contribution >= 0.6 is 0 Å². The molecule has 0 aliphatic rings. The Morgan fingerprint density at radius 1 is 0.952 bits per heavy atom. The summed E-state index contributed by atoms with van der Waals surface area (Å²) in [6.07, 6.45) is 5.61. The SMILES string of the molecule is CCCCCCCNC(=O)C(=O)Nc1c(C)cccc1C. The van der Waals surface area contributed by atoms with Crippen LogP contribution in [0.25, 0.3) is 0 Å². The van der Waals surface area contributed by atoms with Crippen molar-refractivity contribution in [2.24, 2.45) is 0 Å². The van der Waals surface area contributed by atoms with Crippen molar-refractivity contribution < 1.29 is 9.59 Å². The van der Waals surface area contributed by atoms with Crippen molar-refractivity contribution in [2.75, 3.05) is 11.9 Å². The zero-order chi connectivity index (χ0) is 15.7. The van der Waals surface area contributed by atoms with Crippen LogP contribution in [-0.2, 0) is 9.59 Å². The molecule has 2 amide bonds. The number of unbranched alkanes of at least 4 members (excludes halogenated alkanes) is 4. The van der Waals surface area contributed by atoms with E-state index in [1.165, 1.54) is 19.3 Å². The molecule has 1 rings (SSSR count). The van der Waals surface area contributed by atoms with E-state index in [2.05, 4.69) is 17.6 Å². The fourth-order valence-electron chi connectivity index (χ4n) is 2.19. The summed E-state index contributed by atoms with van der Waals surface area (Å²) in [6, 6.07) is 5.75. The summed E-state index contributed by atoms with van der Waals surface area (Å²) in [7, 11) is 0. The Hall–Kier alpha value is -1.84. The molecule has 0 saturated heterocycles. The minimum Gasteiger partial charge on any atom is -0.348 e. The zero-order valence-corrected chi connectivity index (χ0v) is 13.3. The van der Waals surface area contributed by atoms with Gasteiger partial charge in [-0.15, -0.1) is 0 Å². The molecule has 21 heavy (non-hydrogen) atoms. The smallest absolute Gasteiger partial charge is 0.313 e. The Bertz CT molecular complexity index is 463. The van der Waals surface area contributed by atoms with Gasteiger partial charge in [0.1, 0.15) is 0 Å². The van der Waals surface area contributed by atoms with E-state index in [-0.39, 0.29) is 0 Å². The van der Waals surface area contributed by atoms with Gasteiger partial charge in [0.15, 0.2) is 0 Å². The van der Waals surface area contributed by atoms with Gasteiger partial charge < -0.3 is 10.6 Å². The third-order valence-electron chi connectivity index (χ3n) is 3.49. The van der Waals surface area contributed by atoms with Crippen LogP contribution in [-0.4, -0.2) is 18.4 Å². The van der Waals surface area contributed by atoms with E-state index in [4.69, 9.17) is 0 Å². The lowest BCUT2D eigenvalue weighted by molar-refractivity contribution is -0.136. The summed E-state index contributed by atoms with van der Waals surface area (Å²) in [5.41, 5.74) is 2.63. The fourth-order valence-corrected chi connectivity index (χ4v) is 2.19. The number of nitrogens with one attached hydrogen (secondary N) is 2. The number of rotatable bonds is 7. The molecule has 2 N–H and O–H groups in total. The second-order valence-corrected chi connectivity index (χ2v) is 5.39. The second kappa shape index (κ2) is 9.16. The molecule has 0 fully saturated rings. The minimum absolute atomic E-state index is 0.558. The standard InChI is InChI=1S/C17H26N2O2/c1-4-5-6-7-8-12-18-16(20)17(21)19-15-13(2)10-9-11-14(15)3/h9-11H,4-8,12H2,1-3H3,(H,18,20)(H,19,21). The molecule has 1 aromatic rings. The van der Waals surface area contributed by atoms with Crippen molar-refractivity contribution in [3.8, 4) is 0 Å². The Labute approximate surface area is 127 Å². The molecule has 0 aliphatic heterocycles. The summed E-state index contributed by atoms with van der Waals surface area (Å²) in [4.78, 5) is 23.6. The van der Waals surface area contributed by atoms with Gasteiger partial charge in [0.2, 0.25) is 0 Å². The predicted molar refractivity (Wildman–Crippen MR) is 86.3 cm³/mol. The number of amides is 2. The summed E-state index contributed by atoms with van der Waals surface area (Å²) >= 11 is 0. The summed E-state index contributed by atoms with van der Waals surface area (Å²) in [6.45, 7) is 6.55. The van der Waals surface area contributed by atoms with Crippen molar-refractivity contribution in [1.82, 2.24) is 5.32 Å². The highest BCUT2D eigenvalue weighted by Gasteiger charge is 2.14. The Kier molecular flexibility index (Phi) is 7.51. The molecule has 4 heteroatoms. The van der Waals surface area contributed by atoms with Gasteiger partial charge in [-0.25, -0.2) is 0 Å². The molecule has 0 heterocycles. The van der Waals surface area contributed by atoms with Crippen LogP contribution in [0.15, 0.2) is 18.2 Å². The van der Waals surface area contributed by atoms with E-state index in [9.17, 15) is 9.59 Å². The van der Waals surface area contributed by atoms with Crippen molar-refractivity contribution >= 4 is 17.5 Å². The monoisotopic (exact) mass is 290 g/mol. The van der Waals surface area contributed by atoms with E-state index in [0.29, 0.717) is 6.54 Å². The van der Waals surface area contributed by atoms with E-state index < -0.39 is 11.8 Å². The van der Waals surface area contributed by atoms with E-state index in [1.807, 2.05) is 32.0 Å². The molecule has 0 aromatic heterocycles. The maximum absolute atomic E-state index is 11.9. The van der Waals surface area contributed by atoms with Gasteiger partial charge in [0.25, 0.3) is 0 Å². The number of benzene rings is 1. The van der Waals surface area contributed by atoms with E-state index in [0.717, 1.165) is 29.7 Å². The lowest BCUT2D eigenvalue weighted by atomic mass is 10.1. The van der Waals surface area contributed by atoms with Gasteiger partial charge in [-0.2, -0.15) is 0 Å². The highest BCUT2D eigenvalue weighted by atomic mass is 16.2. The fraction of sp³-hybridized carbons (Fsp3) is 0.529. The summed E-state index contributed by atoms with van der Waals surface area (Å²) in [5, 5.41) is 5.36. The number of carbonyl (C=O) groups excluding carboxylic acids is 2. The van der Waals surface area contributed by atoms with Gasteiger partial charge in [-0.1, -0.05) is 50.8 Å². The van der Waals surface area contributed by atoms with Crippen molar-refractivity contribution in [3.63, 3.8) is 0 Å². The van der Waals surface area contributed by atoms with Crippen LogP contribution in [0, 0.1) is 13.8 Å². The van der Waals surface area contributed by atoms with Crippen molar-refractivity contribution in [2.45, 2.75) is 52.9 Å². The molecule has 4 nitrogen and oxygen atoms in total. The average Bonchev–Trinajstić information content (AvgIpc) is 2.46. The number of carbonyl (C=O) groups is 2. The van der Waals surface area contributed by atoms with Crippen LogP contribution in [0.3, 0.4) is 0 Å². The molecule has 0 aliphatic carbocycles. The maximum Gasteiger partial charge on any atom is 0.313 e. The maximum atomic E-state index is 11.9. The molecule has 0 radical (unpaired) electrons. The first-order valence-corrected chi connectivity index (χ1v) is 7.71. The largest absolute Gasteiger partial charge is 0.348 e. The van der Waals surface area contributed by atoms with Crippen LogP contribution in [0.4, 0.5) is 5.69 Å². The Morgan fingerprint density at radius 3 is 2.19 bits per heavy atom. The third-order valence-corrected chi connectivity index (χ3v) is 3.49. The molecular weight excluding hydrogens is 264 g/mol. The molecule has 0 unspecified atom stereocenters. The zero-order valence-electron chi connectivity index (χ0n) is 13.3. The number of para-hydroxylation sites is 1. The quantitative estimate of drug-likeness (QED) is 0.598. The number of anilines is 1. The molecule has 116 valence electrons. The highest BCUT2D eigenvalue weighted by molar-refractivity contribution is 6.39. The molecule has 0 saturated carbocycles. The van der Waals surface area contributed by atoms with Crippen LogP contribution in [0.5, 0.6) is 0 Å². The van der Waals surface area contributed by atoms with Gasteiger partial charge in [-0.3, -0.25) is 9.59 Å². The van der Waals surface area contributed by atoms with E-state index >= 15 is 0 Å². The summed E-state index contributed by atoms with van der Waals surface area (Å²) < 4.78 is 0. The van der Waals surface area contributed by atoms with Gasteiger partial charge >= 0.3 is 11.8 Å². The number of hydrogen-bond donors (Lipinski definition) is 2. The van der Waals surface area contributed by atoms with E-state index in [1.54, 1.807) is 0 Å². The topological polar surface area (TPSA) is 58.2 Å². The second-order valence-electron chi connectivity index (χ2n) is 5.39. The van der Waals surface area contributed by atoms with Gasteiger partial charge in [0, 0.05) is 12.2 Å².